The van der Waals surface area contributed by atoms with Crippen LogP contribution in [0.2, 0.25) is 0 Å². The number of likely N-dealkylation sites (N-methyl/N-ethyl adjacent to an activating group) is 1. The highest BCUT2D eigenvalue weighted by Gasteiger charge is 2.33. The predicted octanol–water partition coefficient (Wildman–Crippen LogP) is 2.20. The lowest BCUT2D eigenvalue weighted by Gasteiger charge is -2.36. The van der Waals surface area contributed by atoms with Gasteiger partial charge in [-0.25, -0.2) is 8.42 Å². The molecule has 0 aromatic heterocycles. The SMILES string of the molecule is CC(C(=O)N(C)C1CCSCC1)N(c1ccccc1)S(C)(=O)=O. The van der Waals surface area contributed by atoms with Crippen LogP contribution in [0.5, 0.6) is 0 Å². The Balaban J connectivity index is 2.23. The molecule has 0 aliphatic carbocycles. The van der Waals surface area contributed by atoms with E-state index in [2.05, 4.69) is 0 Å². The Morgan fingerprint density at radius 1 is 1.22 bits per heavy atom. The minimum Gasteiger partial charge on any atom is -0.341 e. The quantitative estimate of drug-likeness (QED) is 0.811. The van der Waals surface area contributed by atoms with Crippen LogP contribution in [-0.2, 0) is 14.8 Å². The van der Waals surface area contributed by atoms with Gasteiger partial charge in [0.2, 0.25) is 15.9 Å². The van der Waals surface area contributed by atoms with Gasteiger partial charge in [-0.15, -0.1) is 0 Å². The van der Waals surface area contributed by atoms with E-state index in [1.54, 1.807) is 43.1 Å². The van der Waals surface area contributed by atoms with E-state index in [0.717, 1.165) is 30.6 Å². The van der Waals surface area contributed by atoms with E-state index in [-0.39, 0.29) is 11.9 Å². The standard InChI is InChI=1S/C16H24N2O3S2/c1-13(16(19)17(2)14-9-11-22-12-10-14)18(23(3,20)21)15-7-5-4-6-8-15/h4-8,13-14H,9-12H2,1-3H3. The summed E-state index contributed by atoms with van der Waals surface area (Å²) in [5, 5.41) is 0. The minimum atomic E-state index is -3.54. The van der Waals surface area contributed by atoms with Gasteiger partial charge in [-0.2, -0.15) is 11.8 Å². The van der Waals surface area contributed by atoms with Crippen LogP contribution in [0.3, 0.4) is 0 Å². The van der Waals surface area contributed by atoms with Gasteiger partial charge in [-0.05, 0) is 43.4 Å². The first kappa shape index (κ1) is 18.1. The van der Waals surface area contributed by atoms with Gasteiger partial charge in [0.05, 0.1) is 11.9 Å². The Kier molecular flexibility index (Phi) is 5.97. The van der Waals surface area contributed by atoms with Crippen molar-refractivity contribution in [2.45, 2.75) is 31.8 Å². The summed E-state index contributed by atoms with van der Waals surface area (Å²) in [5.41, 5.74) is 0.517. The van der Waals surface area contributed by atoms with Crippen molar-refractivity contribution in [1.29, 1.82) is 0 Å². The van der Waals surface area contributed by atoms with Gasteiger partial charge in [0.1, 0.15) is 6.04 Å². The Hall–Kier alpha value is -1.21. The fourth-order valence-electron chi connectivity index (χ4n) is 2.92. The number of para-hydroxylation sites is 1. The Labute approximate surface area is 143 Å². The van der Waals surface area contributed by atoms with Crippen molar-refractivity contribution in [2.24, 2.45) is 0 Å². The number of thioether (sulfide) groups is 1. The Morgan fingerprint density at radius 2 is 1.78 bits per heavy atom. The Bertz CT molecular complexity index is 628. The third kappa shape index (κ3) is 4.41. The number of hydrogen-bond acceptors (Lipinski definition) is 4. The molecule has 128 valence electrons. The highest BCUT2D eigenvalue weighted by Crippen LogP contribution is 2.24. The molecule has 1 atom stereocenters. The summed E-state index contributed by atoms with van der Waals surface area (Å²) < 4.78 is 25.7. The number of rotatable bonds is 5. The fraction of sp³-hybridized carbons (Fsp3) is 0.562. The smallest absolute Gasteiger partial charge is 0.246 e. The maximum atomic E-state index is 12.8. The minimum absolute atomic E-state index is 0.156. The van der Waals surface area contributed by atoms with Gasteiger partial charge in [0.15, 0.2) is 0 Å². The molecular formula is C16H24N2O3S2. The molecule has 1 unspecified atom stereocenters. The third-order valence-electron chi connectivity index (χ3n) is 4.16. The second kappa shape index (κ2) is 7.57. The highest BCUT2D eigenvalue weighted by molar-refractivity contribution is 7.99. The first-order chi connectivity index (χ1) is 10.8. The number of carbonyl (C=O) groups is 1. The molecule has 1 heterocycles. The van der Waals surface area contributed by atoms with Crippen molar-refractivity contribution in [3.05, 3.63) is 30.3 Å². The number of nitrogens with zero attached hydrogens (tertiary/aromatic N) is 2. The lowest BCUT2D eigenvalue weighted by molar-refractivity contribution is -0.132. The number of carbonyl (C=O) groups excluding carboxylic acids is 1. The first-order valence-corrected chi connectivity index (χ1v) is 10.7. The molecular weight excluding hydrogens is 332 g/mol. The molecule has 1 aromatic rings. The van der Waals surface area contributed by atoms with E-state index in [9.17, 15) is 13.2 Å². The average molecular weight is 357 g/mol. The molecule has 1 amide bonds. The summed E-state index contributed by atoms with van der Waals surface area (Å²) in [6.07, 6.45) is 3.06. The fourth-order valence-corrected chi connectivity index (χ4v) is 5.18. The maximum absolute atomic E-state index is 12.8. The lowest BCUT2D eigenvalue weighted by atomic mass is 10.1. The second-order valence-corrected chi connectivity index (χ2v) is 8.95. The van der Waals surface area contributed by atoms with E-state index in [1.807, 2.05) is 17.8 Å². The summed E-state index contributed by atoms with van der Waals surface area (Å²) in [5.74, 6) is 1.94. The summed E-state index contributed by atoms with van der Waals surface area (Å²) in [6, 6.07) is 8.22. The molecule has 2 rings (SSSR count). The molecule has 0 radical (unpaired) electrons. The number of benzene rings is 1. The third-order valence-corrected chi connectivity index (χ3v) is 6.45. The topological polar surface area (TPSA) is 57.7 Å². The van der Waals surface area contributed by atoms with E-state index in [0.29, 0.717) is 5.69 Å². The first-order valence-electron chi connectivity index (χ1n) is 7.71. The molecule has 1 aliphatic rings. The summed E-state index contributed by atoms with van der Waals surface area (Å²) in [6.45, 7) is 1.66. The van der Waals surface area contributed by atoms with Crippen molar-refractivity contribution in [2.75, 3.05) is 29.1 Å². The normalized spacial score (nSPS) is 17.5. The summed E-state index contributed by atoms with van der Waals surface area (Å²) in [4.78, 5) is 14.5. The number of hydrogen-bond donors (Lipinski definition) is 0. The van der Waals surface area contributed by atoms with Crippen LogP contribution in [0, 0.1) is 0 Å². The van der Waals surface area contributed by atoms with Gasteiger partial charge in [0, 0.05) is 13.1 Å². The molecule has 7 heteroatoms. The van der Waals surface area contributed by atoms with Crippen LogP contribution in [-0.4, -0.2) is 56.1 Å². The van der Waals surface area contributed by atoms with Crippen molar-refractivity contribution in [1.82, 2.24) is 4.90 Å². The van der Waals surface area contributed by atoms with Gasteiger partial charge in [0.25, 0.3) is 0 Å². The Morgan fingerprint density at radius 3 is 2.30 bits per heavy atom. The van der Waals surface area contributed by atoms with Gasteiger partial charge >= 0.3 is 0 Å². The van der Waals surface area contributed by atoms with Crippen LogP contribution in [0.1, 0.15) is 19.8 Å². The van der Waals surface area contributed by atoms with Crippen LogP contribution in [0.25, 0.3) is 0 Å². The molecule has 0 N–H and O–H groups in total. The average Bonchev–Trinajstić information content (AvgIpc) is 2.54. The number of anilines is 1. The molecule has 5 nitrogen and oxygen atoms in total. The zero-order valence-corrected chi connectivity index (χ0v) is 15.4. The van der Waals surface area contributed by atoms with Crippen LogP contribution >= 0.6 is 11.8 Å². The molecule has 1 saturated heterocycles. The predicted molar refractivity (Wildman–Crippen MR) is 96.3 cm³/mol. The van der Waals surface area contributed by atoms with Crippen molar-refractivity contribution in [3.63, 3.8) is 0 Å². The van der Waals surface area contributed by atoms with Gasteiger partial charge in [-0.3, -0.25) is 9.10 Å². The summed E-state index contributed by atoms with van der Waals surface area (Å²) >= 11 is 1.90. The molecule has 1 fully saturated rings. The van der Waals surface area contributed by atoms with Gasteiger partial charge in [-0.1, -0.05) is 18.2 Å². The zero-order chi connectivity index (χ0) is 17.0. The molecule has 0 saturated carbocycles. The largest absolute Gasteiger partial charge is 0.341 e. The molecule has 0 spiro atoms. The monoisotopic (exact) mass is 356 g/mol. The van der Waals surface area contributed by atoms with Crippen molar-refractivity contribution >= 4 is 33.4 Å². The molecule has 1 aromatic carbocycles. The molecule has 1 aliphatic heterocycles. The van der Waals surface area contributed by atoms with Crippen LogP contribution < -0.4 is 4.31 Å². The van der Waals surface area contributed by atoms with E-state index >= 15 is 0 Å². The second-order valence-electron chi connectivity index (χ2n) is 5.86. The van der Waals surface area contributed by atoms with Crippen LogP contribution in [0.4, 0.5) is 5.69 Å². The molecule has 0 bridgehead atoms. The van der Waals surface area contributed by atoms with Crippen molar-refractivity contribution in [3.8, 4) is 0 Å². The van der Waals surface area contributed by atoms with Crippen molar-refractivity contribution < 1.29 is 13.2 Å². The number of amides is 1. The van der Waals surface area contributed by atoms with Gasteiger partial charge < -0.3 is 4.90 Å². The highest BCUT2D eigenvalue weighted by atomic mass is 32.2. The van der Waals surface area contributed by atoms with E-state index in [4.69, 9.17) is 0 Å². The van der Waals surface area contributed by atoms with E-state index < -0.39 is 16.1 Å². The molecule has 23 heavy (non-hydrogen) atoms. The lowest BCUT2D eigenvalue weighted by Crippen LogP contribution is -2.51. The zero-order valence-electron chi connectivity index (χ0n) is 13.8. The number of sulfonamides is 1. The van der Waals surface area contributed by atoms with E-state index in [1.165, 1.54) is 4.31 Å². The summed E-state index contributed by atoms with van der Waals surface area (Å²) in [7, 11) is -1.76. The maximum Gasteiger partial charge on any atom is 0.246 e. The van der Waals surface area contributed by atoms with Crippen LogP contribution in [0.15, 0.2) is 30.3 Å².